The number of ether oxygens (including phenoxy) is 3. The predicted molar refractivity (Wildman–Crippen MR) is 79.3 cm³/mol. The van der Waals surface area contributed by atoms with E-state index in [1.807, 2.05) is 42.5 Å². The highest BCUT2D eigenvalue weighted by Gasteiger charge is 2.14. The highest BCUT2D eigenvalue weighted by Crippen LogP contribution is 2.19. The second-order valence-electron chi connectivity index (χ2n) is 4.53. The first kappa shape index (κ1) is 14.9. The monoisotopic (exact) mass is 286 g/mol. The van der Waals surface area contributed by atoms with Gasteiger partial charge in [0.1, 0.15) is 18.1 Å². The van der Waals surface area contributed by atoms with Crippen LogP contribution < -0.4 is 9.47 Å². The number of methoxy groups -OCH3 is 1. The van der Waals surface area contributed by atoms with Gasteiger partial charge in [-0.1, -0.05) is 30.3 Å². The highest BCUT2D eigenvalue weighted by atomic mass is 16.6. The van der Waals surface area contributed by atoms with E-state index in [2.05, 4.69) is 4.74 Å². The van der Waals surface area contributed by atoms with Gasteiger partial charge in [0.05, 0.1) is 7.11 Å². The van der Waals surface area contributed by atoms with Crippen molar-refractivity contribution in [2.75, 3.05) is 7.11 Å². The minimum absolute atomic E-state index is 0.403. The molecular formula is C17H18O4. The fraction of sp³-hybridized carbons (Fsp3) is 0.235. The number of hydrogen-bond donors (Lipinski definition) is 0. The van der Waals surface area contributed by atoms with Gasteiger partial charge in [-0.25, -0.2) is 4.79 Å². The van der Waals surface area contributed by atoms with E-state index < -0.39 is 12.1 Å². The van der Waals surface area contributed by atoms with E-state index in [0.717, 1.165) is 11.3 Å². The van der Waals surface area contributed by atoms with Gasteiger partial charge in [-0.3, -0.25) is 0 Å². The molecule has 0 fully saturated rings. The second-order valence-corrected chi connectivity index (χ2v) is 4.53. The van der Waals surface area contributed by atoms with Gasteiger partial charge in [0, 0.05) is 0 Å². The molecule has 2 aromatic carbocycles. The minimum Gasteiger partial charge on any atom is -0.489 e. The summed E-state index contributed by atoms with van der Waals surface area (Å²) in [5, 5.41) is 0. The molecule has 0 aliphatic heterocycles. The van der Waals surface area contributed by atoms with E-state index in [0.29, 0.717) is 12.4 Å². The quantitative estimate of drug-likeness (QED) is 0.765. The topological polar surface area (TPSA) is 44.8 Å². The second kappa shape index (κ2) is 7.33. The SMILES string of the molecule is COC(=O)[C@@H](C)Oc1ccc(OCc2ccccc2)cc1. The summed E-state index contributed by atoms with van der Waals surface area (Å²) in [6.45, 7) is 2.16. The van der Waals surface area contributed by atoms with Crippen LogP contribution in [0.5, 0.6) is 11.5 Å². The summed E-state index contributed by atoms with van der Waals surface area (Å²) in [5.74, 6) is 0.941. The number of hydrogen-bond acceptors (Lipinski definition) is 4. The van der Waals surface area contributed by atoms with Crippen molar-refractivity contribution in [2.24, 2.45) is 0 Å². The largest absolute Gasteiger partial charge is 0.489 e. The molecule has 0 saturated heterocycles. The van der Waals surface area contributed by atoms with Crippen molar-refractivity contribution < 1.29 is 19.0 Å². The Labute approximate surface area is 124 Å². The molecule has 0 amide bonds. The van der Waals surface area contributed by atoms with Gasteiger partial charge in [0.15, 0.2) is 6.10 Å². The van der Waals surface area contributed by atoms with E-state index in [9.17, 15) is 4.79 Å². The molecule has 2 rings (SSSR count). The molecule has 2 aromatic rings. The third kappa shape index (κ3) is 4.53. The first-order chi connectivity index (χ1) is 10.2. The highest BCUT2D eigenvalue weighted by molar-refractivity contribution is 5.74. The van der Waals surface area contributed by atoms with E-state index >= 15 is 0 Å². The summed E-state index contributed by atoms with van der Waals surface area (Å²) in [7, 11) is 1.34. The summed E-state index contributed by atoms with van der Waals surface area (Å²) < 4.78 is 15.7. The van der Waals surface area contributed by atoms with Crippen LogP contribution in [0.15, 0.2) is 54.6 Å². The van der Waals surface area contributed by atoms with Gasteiger partial charge in [0.25, 0.3) is 0 Å². The Kier molecular flexibility index (Phi) is 5.21. The molecule has 0 bridgehead atoms. The zero-order chi connectivity index (χ0) is 15.1. The van der Waals surface area contributed by atoms with Crippen molar-refractivity contribution >= 4 is 5.97 Å². The van der Waals surface area contributed by atoms with Crippen molar-refractivity contribution in [1.29, 1.82) is 0 Å². The summed E-state index contributed by atoms with van der Waals surface area (Å²) in [5.41, 5.74) is 1.11. The van der Waals surface area contributed by atoms with E-state index in [-0.39, 0.29) is 0 Å². The Bertz CT molecular complexity index is 563. The molecule has 0 aliphatic rings. The van der Waals surface area contributed by atoms with Crippen LogP contribution in [0.3, 0.4) is 0 Å². The van der Waals surface area contributed by atoms with Crippen LogP contribution in [0.4, 0.5) is 0 Å². The first-order valence-electron chi connectivity index (χ1n) is 6.70. The number of esters is 1. The maximum absolute atomic E-state index is 11.3. The molecule has 1 atom stereocenters. The van der Waals surface area contributed by atoms with Crippen molar-refractivity contribution in [3.05, 3.63) is 60.2 Å². The molecule has 0 N–H and O–H groups in total. The van der Waals surface area contributed by atoms with Crippen LogP contribution in [0.2, 0.25) is 0 Å². The van der Waals surface area contributed by atoms with Gasteiger partial charge in [0.2, 0.25) is 0 Å². The van der Waals surface area contributed by atoms with Crippen LogP contribution in [-0.2, 0) is 16.1 Å². The molecule has 0 heterocycles. The lowest BCUT2D eigenvalue weighted by atomic mass is 10.2. The molecule has 0 radical (unpaired) electrons. The van der Waals surface area contributed by atoms with E-state index in [1.54, 1.807) is 19.1 Å². The lowest BCUT2D eigenvalue weighted by Crippen LogP contribution is -2.24. The van der Waals surface area contributed by atoms with Gasteiger partial charge in [-0.15, -0.1) is 0 Å². The zero-order valence-corrected chi connectivity index (χ0v) is 12.1. The fourth-order valence-electron chi connectivity index (χ4n) is 1.77. The normalized spacial score (nSPS) is 11.5. The van der Waals surface area contributed by atoms with Gasteiger partial charge >= 0.3 is 5.97 Å². The van der Waals surface area contributed by atoms with E-state index in [1.165, 1.54) is 7.11 Å². The first-order valence-corrected chi connectivity index (χ1v) is 6.70. The Morgan fingerprint density at radius 1 is 1.00 bits per heavy atom. The molecule has 110 valence electrons. The maximum Gasteiger partial charge on any atom is 0.346 e. The van der Waals surface area contributed by atoms with Gasteiger partial charge in [-0.05, 0) is 36.8 Å². The van der Waals surface area contributed by atoms with Crippen LogP contribution >= 0.6 is 0 Å². The summed E-state index contributed by atoms with van der Waals surface area (Å²) in [6, 6.07) is 17.1. The molecule has 4 nitrogen and oxygen atoms in total. The van der Waals surface area contributed by atoms with Crippen molar-refractivity contribution in [3.63, 3.8) is 0 Å². The van der Waals surface area contributed by atoms with Crippen LogP contribution in [0.25, 0.3) is 0 Å². The van der Waals surface area contributed by atoms with Crippen LogP contribution in [0, 0.1) is 0 Å². The lowest BCUT2D eigenvalue weighted by molar-refractivity contribution is -0.147. The number of carbonyl (C=O) groups is 1. The Hall–Kier alpha value is -2.49. The smallest absolute Gasteiger partial charge is 0.346 e. The Morgan fingerprint density at radius 3 is 2.24 bits per heavy atom. The third-order valence-corrected chi connectivity index (χ3v) is 2.92. The van der Waals surface area contributed by atoms with Crippen LogP contribution in [-0.4, -0.2) is 19.2 Å². The van der Waals surface area contributed by atoms with Gasteiger partial charge in [-0.2, -0.15) is 0 Å². The average Bonchev–Trinajstić information content (AvgIpc) is 2.54. The average molecular weight is 286 g/mol. The van der Waals surface area contributed by atoms with Crippen molar-refractivity contribution in [3.8, 4) is 11.5 Å². The molecule has 0 saturated carbocycles. The third-order valence-electron chi connectivity index (χ3n) is 2.92. The lowest BCUT2D eigenvalue weighted by Gasteiger charge is -2.13. The molecule has 4 heteroatoms. The Balaban J connectivity index is 1.88. The van der Waals surface area contributed by atoms with Crippen molar-refractivity contribution in [2.45, 2.75) is 19.6 Å². The fourth-order valence-corrected chi connectivity index (χ4v) is 1.77. The molecule has 21 heavy (non-hydrogen) atoms. The van der Waals surface area contributed by atoms with Gasteiger partial charge < -0.3 is 14.2 Å². The molecule has 0 aliphatic carbocycles. The minimum atomic E-state index is -0.633. The van der Waals surface area contributed by atoms with E-state index in [4.69, 9.17) is 9.47 Å². The predicted octanol–water partition coefficient (Wildman–Crippen LogP) is 3.21. The summed E-state index contributed by atoms with van der Waals surface area (Å²) in [4.78, 5) is 11.3. The summed E-state index contributed by atoms with van der Waals surface area (Å²) in [6.07, 6.45) is -0.633. The summed E-state index contributed by atoms with van der Waals surface area (Å²) >= 11 is 0. The molecule has 0 spiro atoms. The molecule has 0 aromatic heterocycles. The molecular weight excluding hydrogens is 268 g/mol. The number of rotatable bonds is 6. The Morgan fingerprint density at radius 2 is 1.62 bits per heavy atom. The number of benzene rings is 2. The molecule has 0 unspecified atom stereocenters. The zero-order valence-electron chi connectivity index (χ0n) is 12.1. The number of carbonyl (C=O) groups excluding carboxylic acids is 1. The maximum atomic E-state index is 11.3. The van der Waals surface area contributed by atoms with Crippen molar-refractivity contribution in [1.82, 2.24) is 0 Å². The standard InChI is InChI=1S/C17H18O4/c1-13(17(18)19-2)21-16-10-8-15(9-11-16)20-12-14-6-4-3-5-7-14/h3-11,13H,12H2,1-2H3/t13-/m1/s1. The van der Waals surface area contributed by atoms with Crippen LogP contribution in [0.1, 0.15) is 12.5 Å².